The third-order valence-electron chi connectivity index (χ3n) is 1.57. The van der Waals surface area contributed by atoms with E-state index in [1.165, 1.54) is 12.1 Å². The van der Waals surface area contributed by atoms with Crippen LogP contribution in [-0.4, -0.2) is 20.7 Å². The van der Waals surface area contributed by atoms with Crippen LogP contribution in [0.25, 0.3) is 4.72 Å². The molecule has 0 saturated heterocycles. The molecular formula is C8H10Cl2N2O2S. The molecule has 15 heavy (non-hydrogen) atoms. The van der Waals surface area contributed by atoms with Crippen molar-refractivity contribution >= 4 is 38.9 Å². The van der Waals surface area contributed by atoms with Crippen molar-refractivity contribution in [3.05, 3.63) is 33.0 Å². The maximum absolute atomic E-state index is 11.4. The summed E-state index contributed by atoms with van der Waals surface area (Å²) in [6, 6.07) is 4.69. The van der Waals surface area contributed by atoms with Crippen molar-refractivity contribution in [2.75, 3.05) is 12.3 Å². The molecule has 84 valence electrons. The zero-order valence-electron chi connectivity index (χ0n) is 7.78. The molecular weight excluding hydrogens is 259 g/mol. The summed E-state index contributed by atoms with van der Waals surface area (Å²) in [7, 11) is -3.54. The Balaban J connectivity index is 2.99. The Labute approximate surface area is 98.4 Å². The summed E-state index contributed by atoms with van der Waals surface area (Å²) in [5.41, 5.74) is 3.54. The Bertz CT molecular complexity index is 428. The summed E-state index contributed by atoms with van der Waals surface area (Å²) >= 11 is 11.6. The van der Waals surface area contributed by atoms with Crippen LogP contribution in [0.3, 0.4) is 0 Å². The predicted octanol–water partition coefficient (Wildman–Crippen LogP) is 1.57. The fraction of sp³-hybridized carbons (Fsp3) is 0.250. The lowest BCUT2D eigenvalue weighted by Crippen LogP contribution is -2.52. The number of quaternary nitrogens is 1. The third-order valence-corrected chi connectivity index (χ3v) is 3.45. The smallest absolute Gasteiger partial charge is 0.0994 e. The second-order valence-corrected chi connectivity index (χ2v) is 5.37. The van der Waals surface area contributed by atoms with E-state index in [4.69, 9.17) is 23.2 Å². The first-order valence-electron chi connectivity index (χ1n) is 4.15. The van der Waals surface area contributed by atoms with Crippen LogP contribution in [0.15, 0.2) is 18.2 Å². The van der Waals surface area contributed by atoms with Gasteiger partial charge in [0.2, 0.25) is 0 Å². The molecule has 0 atom stereocenters. The van der Waals surface area contributed by atoms with Crippen molar-refractivity contribution in [3.63, 3.8) is 0 Å². The van der Waals surface area contributed by atoms with E-state index in [0.717, 1.165) is 0 Å². The quantitative estimate of drug-likeness (QED) is 0.900. The lowest BCUT2D eigenvalue weighted by Gasteiger charge is -2.23. The summed E-state index contributed by atoms with van der Waals surface area (Å²) < 4.78 is 26.3. The largest absolute Gasteiger partial charge is 0.574 e. The van der Waals surface area contributed by atoms with Gasteiger partial charge in [-0.1, -0.05) is 35.0 Å². The van der Waals surface area contributed by atoms with E-state index in [-0.39, 0.29) is 28.0 Å². The normalized spacial score (nSPS) is 11.4. The standard InChI is InChI=1S/C8H9Cl2N2O2S/c9-6-2-1-3-7(10)8(6)12-15(13,14)5-4-11/h1-3H,4-5,11H2/q-1/p+1. The Hall–Kier alpha value is -0.490. The van der Waals surface area contributed by atoms with Crippen molar-refractivity contribution in [2.45, 2.75) is 0 Å². The monoisotopic (exact) mass is 268 g/mol. The fourth-order valence-corrected chi connectivity index (χ4v) is 2.46. The zero-order valence-corrected chi connectivity index (χ0v) is 10.1. The minimum atomic E-state index is -3.54. The van der Waals surface area contributed by atoms with Gasteiger partial charge in [-0.05, 0) is 12.1 Å². The molecule has 0 unspecified atom stereocenters. The van der Waals surface area contributed by atoms with Crippen molar-refractivity contribution in [2.24, 2.45) is 0 Å². The molecule has 0 radical (unpaired) electrons. The minimum absolute atomic E-state index is 0.0919. The van der Waals surface area contributed by atoms with E-state index in [9.17, 15) is 8.42 Å². The van der Waals surface area contributed by atoms with Gasteiger partial charge in [0.1, 0.15) is 0 Å². The SMILES string of the molecule is [NH3+]CCS(=O)(=O)[N-]c1c(Cl)cccc1Cl. The first-order chi connectivity index (χ1) is 6.96. The zero-order chi connectivity index (χ0) is 11.5. The molecule has 0 spiro atoms. The van der Waals surface area contributed by atoms with Gasteiger partial charge in [0.15, 0.2) is 0 Å². The van der Waals surface area contributed by atoms with E-state index >= 15 is 0 Å². The topological polar surface area (TPSA) is 75.9 Å². The molecule has 0 bridgehead atoms. The number of hydrogen-bond acceptors (Lipinski definition) is 2. The van der Waals surface area contributed by atoms with Crippen LogP contribution in [-0.2, 0) is 10.0 Å². The van der Waals surface area contributed by atoms with Crippen molar-refractivity contribution in [1.82, 2.24) is 0 Å². The molecule has 0 amide bonds. The molecule has 4 nitrogen and oxygen atoms in total. The molecule has 1 rings (SSSR count). The molecule has 0 aromatic heterocycles. The molecule has 0 aliphatic carbocycles. The highest BCUT2D eigenvalue weighted by Crippen LogP contribution is 2.37. The van der Waals surface area contributed by atoms with Gasteiger partial charge in [-0.15, -0.1) is 0 Å². The molecule has 0 aliphatic heterocycles. The van der Waals surface area contributed by atoms with Crippen LogP contribution < -0.4 is 5.73 Å². The van der Waals surface area contributed by atoms with Crippen LogP contribution in [0.4, 0.5) is 5.69 Å². The predicted molar refractivity (Wildman–Crippen MR) is 61.0 cm³/mol. The molecule has 0 aliphatic rings. The number of hydrogen-bond donors (Lipinski definition) is 1. The van der Waals surface area contributed by atoms with Gasteiger partial charge in [0, 0.05) is 10.0 Å². The Morgan fingerprint density at radius 1 is 1.27 bits per heavy atom. The van der Waals surface area contributed by atoms with E-state index in [1.807, 2.05) is 0 Å². The first-order valence-corrected chi connectivity index (χ1v) is 6.52. The van der Waals surface area contributed by atoms with Gasteiger partial charge in [-0.3, -0.25) is 0 Å². The summed E-state index contributed by atoms with van der Waals surface area (Å²) in [6.45, 7) is 0.258. The second-order valence-electron chi connectivity index (χ2n) is 2.80. The molecule has 0 fully saturated rings. The van der Waals surface area contributed by atoms with Gasteiger partial charge in [-0.25, -0.2) is 8.42 Å². The van der Waals surface area contributed by atoms with Gasteiger partial charge >= 0.3 is 0 Å². The van der Waals surface area contributed by atoms with Crippen LogP contribution in [0, 0.1) is 0 Å². The van der Waals surface area contributed by atoms with E-state index in [1.54, 1.807) is 6.07 Å². The summed E-state index contributed by atoms with van der Waals surface area (Å²) in [4.78, 5) is 0. The van der Waals surface area contributed by atoms with E-state index in [2.05, 4.69) is 10.5 Å². The van der Waals surface area contributed by atoms with Crippen molar-refractivity contribution in [3.8, 4) is 0 Å². The van der Waals surface area contributed by atoms with Crippen LogP contribution >= 0.6 is 23.2 Å². The average molecular weight is 269 g/mol. The molecule has 3 N–H and O–H groups in total. The number of sulfonamides is 1. The molecule has 7 heteroatoms. The lowest BCUT2D eigenvalue weighted by molar-refractivity contribution is -0.360. The molecule has 0 saturated carbocycles. The van der Waals surface area contributed by atoms with Crippen LogP contribution in [0.2, 0.25) is 10.0 Å². The third kappa shape index (κ3) is 3.53. The van der Waals surface area contributed by atoms with Crippen molar-refractivity contribution in [1.29, 1.82) is 0 Å². The van der Waals surface area contributed by atoms with Crippen LogP contribution in [0.1, 0.15) is 0 Å². The fourth-order valence-electron chi connectivity index (χ4n) is 0.943. The Kier molecular flexibility index (Phi) is 4.21. The highest BCUT2D eigenvalue weighted by Gasteiger charge is 2.03. The van der Waals surface area contributed by atoms with E-state index in [0.29, 0.717) is 0 Å². The molecule has 1 aromatic carbocycles. The highest BCUT2D eigenvalue weighted by atomic mass is 35.5. The minimum Gasteiger partial charge on any atom is -0.574 e. The number of rotatable bonds is 4. The number of benzene rings is 1. The highest BCUT2D eigenvalue weighted by molar-refractivity contribution is 7.94. The van der Waals surface area contributed by atoms with Gasteiger partial charge in [0.25, 0.3) is 0 Å². The Morgan fingerprint density at radius 2 is 1.80 bits per heavy atom. The second kappa shape index (κ2) is 5.03. The summed E-state index contributed by atoms with van der Waals surface area (Å²) in [6.07, 6.45) is 0. The van der Waals surface area contributed by atoms with Crippen molar-refractivity contribution < 1.29 is 14.2 Å². The maximum Gasteiger partial charge on any atom is 0.0994 e. The lowest BCUT2D eigenvalue weighted by atomic mass is 10.3. The average Bonchev–Trinajstić information content (AvgIpc) is 2.11. The van der Waals surface area contributed by atoms with Gasteiger partial charge in [0.05, 0.1) is 22.3 Å². The summed E-state index contributed by atoms with van der Waals surface area (Å²) in [5, 5.41) is 0.435. The first kappa shape index (κ1) is 12.6. The number of halogens is 2. The summed E-state index contributed by atoms with van der Waals surface area (Å²) in [5.74, 6) is -0.117. The van der Waals surface area contributed by atoms with Crippen LogP contribution in [0.5, 0.6) is 0 Å². The Morgan fingerprint density at radius 3 is 2.27 bits per heavy atom. The van der Waals surface area contributed by atoms with Gasteiger partial charge in [-0.2, -0.15) is 0 Å². The van der Waals surface area contributed by atoms with E-state index < -0.39 is 10.0 Å². The molecule has 0 heterocycles. The number of nitrogens with zero attached hydrogens (tertiary/aromatic N) is 1. The van der Waals surface area contributed by atoms with Gasteiger partial charge < -0.3 is 10.5 Å². The maximum atomic E-state index is 11.4. The molecule has 1 aromatic rings.